The van der Waals surface area contributed by atoms with E-state index in [2.05, 4.69) is 32.2 Å². The van der Waals surface area contributed by atoms with Gasteiger partial charge in [0.2, 0.25) is 0 Å². The maximum Gasteiger partial charge on any atom is 0.178 e. The third-order valence-corrected chi connectivity index (χ3v) is 3.17. The van der Waals surface area contributed by atoms with Gasteiger partial charge in [0.1, 0.15) is 12.0 Å². The molecule has 1 aliphatic rings. The first-order chi connectivity index (χ1) is 8.88. The van der Waals surface area contributed by atoms with Crippen LogP contribution >= 0.6 is 0 Å². The number of fused-ring (bicyclic) bond motifs is 1. The van der Waals surface area contributed by atoms with Crippen LogP contribution < -0.4 is 5.32 Å². The van der Waals surface area contributed by atoms with Crippen molar-refractivity contribution < 1.29 is 0 Å². The molecule has 0 aliphatic carbocycles. The van der Waals surface area contributed by atoms with Gasteiger partial charge in [0.15, 0.2) is 5.82 Å². The summed E-state index contributed by atoms with van der Waals surface area (Å²) in [6, 6.07) is 1.84. The number of nitrogens with one attached hydrogen (secondary N) is 1. The molecule has 5 heteroatoms. The van der Waals surface area contributed by atoms with E-state index in [0.29, 0.717) is 5.82 Å². The highest BCUT2D eigenvalue weighted by Gasteiger charge is 2.17. The minimum absolute atomic E-state index is 0.705. The second-order valence-corrected chi connectivity index (χ2v) is 4.29. The zero-order valence-electron chi connectivity index (χ0n) is 10.3. The molecule has 5 nitrogen and oxygen atoms in total. The molecule has 2 aromatic heterocycles. The van der Waals surface area contributed by atoms with Gasteiger partial charge in [-0.1, -0.05) is 6.92 Å². The van der Waals surface area contributed by atoms with Gasteiger partial charge in [0.25, 0.3) is 0 Å². The molecule has 18 heavy (non-hydrogen) atoms. The topological polar surface area (TPSA) is 63.6 Å². The fraction of sp³-hybridized carbons (Fsp3) is 0.385. The van der Waals surface area contributed by atoms with Crippen LogP contribution in [-0.2, 0) is 19.4 Å². The molecule has 0 unspecified atom stereocenters. The lowest BCUT2D eigenvalue weighted by Gasteiger charge is -2.19. The molecule has 0 aromatic carbocycles. The van der Waals surface area contributed by atoms with Crippen LogP contribution in [-0.4, -0.2) is 26.5 Å². The summed E-state index contributed by atoms with van der Waals surface area (Å²) in [4.78, 5) is 17.4. The van der Waals surface area contributed by atoms with Crippen molar-refractivity contribution in [2.45, 2.75) is 26.3 Å². The summed E-state index contributed by atoms with van der Waals surface area (Å²) in [5.41, 5.74) is 4.36. The van der Waals surface area contributed by atoms with Gasteiger partial charge in [-0.15, -0.1) is 0 Å². The average molecular weight is 241 g/mol. The zero-order valence-corrected chi connectivity index (χ0v) is 10.3. The number of nitrogens with zero attached hydrogens (tertiary/aromatic N) is 4. The molecule has 3 heterocycles. The van der Waals surface area contributed by atoms with Crippen molar-refractivity contribution in [1.82, 2.24) is 25.3 Å². The minimum Gasteiger partial charge on any atom is -0.311 e. The summed E-state index contributed by atoms with van der Waals surface area (Å²) in [6.07, 6.45) is 5.20. The molecule has 1 N–H and O–H groups in total. The normalized spacial score (nSPS) is 14.3. The van der Waals surface area contributed by atoms with Crippen molar-refractivity contribution in [3.05, 3.63) is 35.5 Å². The van der Waals surface area contributed by atoms with Crippen LogP contribution in [0.5, 0.6) is 0 Å². The average Bonchev–Trinajstić information content (AvgIpc) is 2.47. The van der Waals surface area contributed by atoms with Gasteiger partial charge >= 0.3 is 0 Å². The second-order valence-electron chi connectivity index (χ2n) is 4.29. The number of hydrogen-bond acceptors (Lipinski definition) is 5. The van der Waals surface area contributed by atoms with E-state index < -0.39 is 0 Å². The number of rotatable bonds is 2. The summed E-state index contributed by atoms with van der Waals surface area (Å²) >= 11 is 0. The molecule has 0 saturated carbocycles. The summed E-state index contributed by atoms with van der Waals surface area (Å²) < 4.78 is 0. The van der Waals surface area contributed by atoms with Crippen LogP contribution in [0.15, 0.2) is 18.6 Å². The third-order valence-electron chi connectivity index (χ3n) is 3.17. The Hall–Kier alpha value is -1.88. The first kappa shape index (κ1) is 11.2. The van der Waals surface area contributed by atoms with Crippen molar-refractivity contribution in [3.8, 4) is 11.5 Å². The summed E-state index contributed by atoms with van der Waals surface area (Å²) in [5.74, 6) is 0.705. The molecule has 2 aromatic rings. The standard InChI is InChI=1S/C13H15N5/c1-2-10-9-3-5-14-7-12(9)18-13(17-10)11-4-6-15-8-16-11/h4,6,8,14H,2-3,5,7H2,1H3. The third kappa shape index (κ3) is 1.97. The van der Waals surface area contributed by atoms with Crippen LogP contribution in [0.25, 0.3) is 11.5 Å². The molecule has 0 radical (unpaired) electrons. The predicted molar refractivity (Wildman–Crippen MR) is 67.8 cm³/mol. The van der Waals surface area contributed by atoms with Crippen LogP contribution in [0.1, 0.15) is 23.9 Å². The Morgan fingerprint density at radius 1 is 1.33 bits per heavy atom. The summed E-state index contributed by atoms with van der Waals surface area (Å²) in [6.45, 7) is 3.97. The molecule has 3 rings (SSSR count). The molecular weight excluding hydrogens is 226 g/mol. The fourth-order valence-electron chi connectivity index (χ4n) is 2.27. The van der Waals surface area contributed by atoms with Gasteiger partial charge in [-0.2, -0.15) is 0 Å². The maximum absolute atomic E-state index is 4.65. The largest absolute Gasteiger partial charge is 0.311 e. The van der Waals surface area contributed by atoms with Gasteiger partial charge in [0, 0.05) is 18.4 Å². The lowest BCUT2D eigenvalue weighted by Crippen LogP contribution is -2.26. The highest BCUT2D eigenvalue weighted by molar-refractivity contribution is 5.49. The van der Waals surface area contributed by atoms with Gasteiger partial charge in [-0.3, -0.25) is 0 Å². The van der Waals surface area contributed by atoms with Gasteiger partial charge < -0.3 is 5.32 Å². The molecule has 0 spiro atoms. The van der Waals surface area contributed by atoms with E-state index in [1.54, 1.807) is 6.20 Å². The second kappa shape index (κ2) is 4.78. The van der Waals surface area contributed by atoms with Crippen molar-refractivity contribution >= 4 is 0 Å². The van der Waals surface area contributed by atoms with E-state index in [4.69, 9.17) is 0 Å². The van der Waals surface area contributed by atoms with E-state index in [1.807, 2.05) is 6.07 Å². The maximum atomic E-state index is 4.65. The van der Waals surface area contributed by atoms with Crippen LogP contribution in [0, 0.1) is 0 Å². The quantitative estimate of drug-likeness (QED) is 0.854. The minimum atomic E-state index is 0.705. The zero-order chi connectivity index (χ0) is 12.4. The van der Waals surface area contributed by atoms with E-state index in [1.165, 1.54) is 11.9 Å². The van der Waals surface area contributed by atoms with E-state index in [9.17, 15) is 0 Å². The Kier molecular flexibility index (Phi) is 2.98. The molecule has 0 fully saturated rings. The van der Waals surface area contributed by atoms with Crippen LogP contribution in [0.4, 0.5) is 0 Å². The Morgan fingerprint density at radius 2 is 2.28 bits per heavy atom. The highest BCUT2D eigenvalue weighted by atomic mass is 15.0. The Bertz CT molecular complexity index is 536. The first-order valence-electron chi connectivity index (χ1n) is 6.24. The molecule has 0 bridgehead atoms. The first-order valence-corrected chi connectivity index (χ1v) is 6.24. The number of hydrogen-bond donors (Lipinski definition) is 1. The van der Waals surface area contributed by atoms with Crippen molar-refractivity contribution in [1.29, 1.82) is 0 Å². The lowest BCUT2D eigenvalue weighted by atomic mass is 10.0. The highest BCUT2D eigenvalue weighted by Crippen LogP contribution is 2.20. The number of aryl methyl sites for hydroxylation is 1. The molecular formula is C13H15N5. The summed E-state index contributed by atoms with van der Waals surface area (Å²) in [7, 11) is 0. The molecule has 0 amide bonds. The van der Waals surface area contributed by atoms with E-state index >= 15 is 0 Å². The van der Waals surface area contributed by atoms with Gasteiger partial charge in [0.05, 0.1) is 5.69 Å². The Balaban J connectivity index is 2.12. The van der Waals surface area contributed by atoms with Crippen molar-refractivity contribution in [2.75, 3.05) is 6.54 Å². The number of aromatic nitrogens is 4. The van der Waals surface area contributed by atoms with Crippen LogP contribution in [0.2, 0.25) is 0 Å². The Morgan fingerprint density at radius 3 is 3.06 bits per heavy atom. The van der Waals surface area contributed by atoms with Gasteiger partial charge in [-0.25, -0.2) is 19.9 Å². The smallest absolute Gasteiger partial charge is 0.178 e. The summed E-state index contributed by atoms with van der Waals surface area (Å²) in [5, 5.41) is 3.35. The van der Waals surface area contributed by atoms with Crippen molar-refractivity contribution in [3.63, 3.8) is 0 Å². The predicted octanol–water partition coefficient (Wildman–Crippen LogP) is 1.14. The lowest BCUT2D eigenvalue weighted by molar-refractivity contribution is 0.616. The molecule has 0 atom stereocenters. The van der Waals surface area contributed by atoms with Gasteiger partial charge in [-0.05, 0) is 31.0 Å². The van der Waals surface area contributed by atoms with E-state index in [0.717, 1.165) is 43.0 Å². The molecule has 0 saturated heterocycles. The monoisotopic (exact) mass is 241 g/mol. The SMILES string of the molecule is CCc1nc(-c2ccncn2)nc2c1CCNC2. The molecule has 92 valence electrons. The van der Waals surface area contributed by atoms with E-state index in [-0.39, 0.29) is 0 Å². The molecule has 1 aliphatic heterocycles. The van der Waals surface area contributed by atoms with Crippen LogP contribution in [0.3, 0.4) is 0 Å². The Labute approximate surface area is 106 Å². The fourth-order valence-corrected chi connectivity index (χ4v) is 2.27. The van der Waals surface area contributed by atoms with Crippen molar-refractivity contribution in [2.24, 2.45) is 0 Å².